The van der Waals surface area contributed by atoms with E-state index in [0.717, 1.165) is 51.3 Å². The number of nitrogens with zero attached hydrogens (tertiary/aromatic N) is 6. The fourth-order valence-corrected chi connectivity index (χ4v) is 3.99. The second kappa shape index (κ2) is 7.21. The van der Waals surface area contributed by atoms with E-state index in [9.17, 15) is 4.79 Å². The summed E-state index contributed by atoms with van der Waals surface area (Å²) in [4.78, 5) is 26.0. The van der Waals surface area contributed by atoms with E-state index in [1.165, 1.54) is 0 Å². The monoisotopic (exact) mass is 340 g/mol. The lowest BCUT2D eigenvalue weighted by Gasteiger charge is -2.35. The fourth-order valence-electron chi connectivity index (χ4n) is 3.99. The number of hydrogen-bond acceptors (Lipinski definition) is 5. The number of anilines is 1. The van der Waals surface area contributed by atoms with Crippen molar-refractivity contribution < 1.29 is 4.79 Å². The van der Waals surface area contributed by atoms with Crippen LogP contribution in [0.3, 0.4) is 0 Å². The molecule has 0 unspecified atom stereocenters. The average Bonchev–Trinajstić information content (AvgIpc) is 3.34. The molecule has 2 saturated heterocycles. The SMILES string of the molecule is O=C([C@@H]1CCCN(c2ncccn2)C1)N1CCC[C@@H]1Cn1cccn1. The fraction of sp³-hybridized carbons (Fsp3) is 0.556. The predicted molar refractivity (Wildman–Crippen MR) is 93.9 cm³/mol. The summed E-state index contributed by atoms with van der Waals surface area (Å²) in [7, 11) is 0. The third kappa shape index (κ3) is 3.50. The third-order valence-electron chi connectivity index (χ3n) is 5.22. The predicted octanol–water partition coefficient (Wildman–Crippen LogP) is 1.58. The van der Waals surface area contributed by atoms with Crippen molar-refractivity contribution in [1.82, 2.24) is 24.6 Å². The highest BCUT2D eigenvalue weighted by molar-refractivity contribution is 5.80. The van der Waals surface area contributed by atoms with Gasteiger partial charge in [-0.2, -0.15) is 5.10 Å². The number of rotatable bonds is 4. The zero-order valence-corrected chi connectivity index (χ0v) is 14.4. The van der Waals surface area contributed by atoms with E-state index in [0.29, 0.717) is 6.54 Å². The van der Waals surface area contributed by atoms with Gasteiger partial charge >= 0.3 is 0 Å². The largest absolute Gasteiger partial charge is 0.340 e. The molecule has 4 heterocycles. The normalized spacial score (nSPS) is 23.8. The second-order valence-corrected chi connectivity index (χ2v) is 6.89. The number of carbonyl (C=O) groups is 1. The lowest BCUT2D eigenvalue weighted by Crippen LogP contribution is -2.47. The van der Waals surface area contributed by atoms with Crippen LogP contribution in [0.1, 0.15) is 25.7 Å². The lowest BCUT2D eigenvalue weighted by atomic mass is 9.96. The molecule has 0 bridgehead atoms. The van der Waals surface area contributed by atoms with Crippen molar-refractivity contribution in [3.63, 3.8) is 0 Å². The Morgan fingerprint density at radius 2 is 1.92 bits per heavy atom. The van der Waals surface area contributed by atoms with E-state index in [1.54, 1.807) is 18.6 Å². The molecule has 0 N–H and O–H groups in total. The van der Waals surface area contributed by atoms with Crippen LogP contribution in [-0.4, -0.2) is 56.2 Å². The number of piperidine rings is 1. The van der Waals surface area contributed by atoms with Crippen molar-refractivity contribution in [2.75, 3.05) is 24.5 Å². The lowest BCUT2D eigenvalue weighted by molar-refractivity contribution is -0.136. The van der Waals surface area contributed by atoms with Gasteiger partial charge in [-0.3, -0.25) is 9.48 Å². The van der Waals surface area contributed by atoms with E-state index in [2.05, 4.69) is 24.9 Å². The van der Waals surface area contributed by atoms with Crippen molar-refractivity contribution in [2.45, 2.75) is 38.3 Å². The second-order valence-electron chi connectivity index (χ2n) is 6.89. The highest BCUT2D eigenvalue weighted by Crippen LogP contribution is 2.26. The number of carbonyl (C=O) groups excluding carboxylic acids is 1. The molecule has 2 aromatic rings. The first-order chi connectivity index (χ1) is 12.3. The molecule has 0 saturated carbocycles. The smallest absolute Gasteiger partial charge is 0.227 e. The van der Waals surface area contributed by atoms with Crippen LogP contribution in [0.15, 0.2) is 36.9 Å². The Morgan fingerprint density at radius 1 is 1.08 bits per heavy atom. The first-order valence-corrected chi connectivity index (χ1v) is 9.11. The molecule has 7 heteroatoms. The average molecular weight is 340 g/mol. The van der Waals surface area contributed by atoms with Crippen LogP contribution in [0.25, 0.3) is 0 Å². The van der Waals surface area contributed by atoms with Crippen LogP contribution < -0.4 is 4.90 Å². The van der Waals surface area contributed by atoms with Gasteiger partial charge in [0.2, 0.25) is 11.9 Å². The van der Waals surface area contributed by atoms with Crippen LogP contribution in [0, 0.1) is 5.92 Å². The van der Waals surface area contributed by atoms with Gasteiger partial charge < -0.3 is 9.80 Å². The number of hydrogen-bond donors (Lipinski definition) is 0. The number of likely N-dealkylation sites (tertiary alicyclic amines) is 1. The Bertz CT molecular complexity index is 689. The van der Waals surface area contributed by atoms with E-state index in [4.69, 9.17) is 0 Å². The summed E-state index contributed by atoms with van der Waals surface area (Å²) in [6.07, 6.45) is 11.4. The van der Waals surface area contributed by atoms with Gasteiger partial charge in [0.25, 0.3) is 0 Å². The van der Waals surface area contributed by atoms with Gasteiger partial charge in [0.05, 0.1) is 18.5 Å². The molecule has 2 fully saturated rings. The van der Waals surface area contributed by atoms with Crippen LogP contribution >= 0.6 is 0 Å². The Morgan fingerprint density at radius 3 is 2.72 bits per heavy atom. The first kappa shape index (κ1) is 16.1. The van der Waals surface area contributed by atoms with Gasteiger partial charge in [-0.05, 0) is 37.8 Å². The molecule has 0 radical (unpaired) electrons. The summed E-state index contributed by atoms with van der Waals surface area (Å²) < 4.78 is 1.93. The first-order valence-electron chi connectivity index (χ1n) is 9.11. The maximum absolute atomic E-state index is 13.1. The summed E-state index contributed by atoms with van der Waals surface area (Å²) >= 11 is 0. The molecule has 2 atom stereocenters. The minimum absolute atomic E-state index is 0.0378. The minimum atomic E-state index is 0.0378. The molecule has 2 aromatic heterocycles. The molecule has 1 amide bonds. The van der Waals surface area contributed by atoms with Crippen molar-refractivity contribution >= 4 is 11.9 Å². The number of aromatic nitrogens is 4. The number of amides is 1. The van der Waals surface area contributed by atoms with Gasteiger partial charge in [-0.25, -0.2) is 9.97 Å². The molecular formula is C18H24N6O. The molecule has 2 aliphatic rings. The Kier molecular flexibility index (Phi) is 4.63. The highest BCUT2D eigenvalue weighted by atomic mass is 16.2. The molecule has 2 aliphatic heterocycles. The van der Waals surface area contributed by atoms with Crippen LogP contribution in [-0.2, 0) is 11.3 Å². The molecule has 0 aliphatic carbocycles. The van der Waals surface area contributed by atoms with E-state index in [1.807, 2.05) is 23.0 Å². The summed E-state index contributed by atoms with van der Waals surface area (Å²) in [5.41, 5.74) is 0. The van der Waals surface area contributed by atoms with Gasteiger partial charge in [-0.15, -0.1) is 0 Å². The van der Waals surface area contributed by atoms with Crippen molar-refractivity contribution in [1.29, 1.82) is 0 Å². The van der Waals surface area contributed by atoms with Gasteiger partial charge in [0.1, 0.15) is 0 Å². The third-order valence-corrected chi connectivity index (χ3v) is 5.22. The highest BCUT2D eigenvalue weighted by Gasteiger charge is 2.35. The van der Waals surface area contributed by atoms with Crippen LogP contribution in [0.2, 0.25) is 0 Å². The molecule has 7 nitrogen and oxygen atoms in total. The van der Waals surface area contributed by atoms with E-state index in [-0.39, 0.29) is 17.9 Å². The van der Waals surface area contributed by atoms with Crippen molar-refractivity contribution in [3.8, 4) is 0 Å². The summed E-state index contributed by atoms with van der Waals surface area (Å²) in [5.74, 6) is 1.06. The zero-order valence-electron chi connectivity index (χ0n) is 14.4. The van der Waals surface area contributed by atoms with Crippen LogP contribution in [0.5, 0.6) is 0 Å². The molecule has 0 aromatic carbocycles. The molecule has 25 heavy (non-hydrogen) atoms. The Balaban J connectivity index is 1.42. The molecular weight excluding hydrogens is 316 g/mol. The molecule has 132 valence electrons. The van der Waals surface area contributed by atoms with Crippen molar-refractivity contribution in [2.24, 2.45) is 5.92 Å². The zero-order chi connectivity index (χ0) is 17.1. The maximum Gasteiger partial charge on any atom is 0.227 e. The maximum atomic E-state index is 13.1. The Hall–Kier alpha value is -2.44. The standard InChI is InChI=1S/C18H24N6O/c25-17(24-12-2-6-16(24)14-23-11-4-9-21-23)15-5-1-10-22(13-15)18-19-7-3-8-20-18/h3-4,7-9,11,15-16H,1-2,5-6,10,12-14H2/t15-,16-/m1/s1. The van der Waals surface area contributed by atoms with Crippen LogP contribution in [0.4, 0.5) is 5.95 Å². The van der Waals surface area contributed by atoms with Gasteiger partial charge in [-0.1, -0.05) is 0 Å². The molecule has 4 rings (SSSR count). The summed E-state index contributed by atoms with van der Waals surface area (Å²) in [6, 6.07) is 4.01. The summed E-state index contributed by atoms with van der Waals surface area (Å²) in [6.45, 7) is 3.29. The van der Waals surface area contributed by atoms with Crippen molar-refractivity contribution in [3.05, 3.63) is 36.9 Å². The quantitative estimate of drug-likeness (QED) is 0.845. The molecule has 0 spiro atoms. The van der Waals surface area contributed by atoms with Gasteiger partial charge in [0, 0.05) is 44.4 Å². The topological polar surface area (TPSA) is 67.2 Å². The van der Waals surface area contributed by atoms with Gasteiger partial charge in [0.15, 0.2) is 0 Å². The summed E-state index contributed by atoms with van der Waals surface area (Å²) in [5, 5.41) is 4.29. The minimum Gasteiger partial charge on any atom is -0.340 e. The van der Waals surface area contributed by atoms with E-state index < -0.39 is 0 Å². The van der Waals surface area contributed by atoms with E-state index >= 15 is 0 Å². The Labute approximate surface area is 147 Å².